The zero-order chi connectivity index (χ0) is 55.0. The highest BCUT2D eigenvalue weighted by molar-refractivity contribution is 5.71. The maximum Gasteiger partial charge on any atom is 0.306 e. The van der Waals surface area contributed by atoms with Gasteiger partial charge in [-0.15, -0.1) is 0 Å². The van der Waals surface area contributed by atoms with Crippen LogP contribution in [0.15, 0.2) is 60.8 Å². The van der Waals surface area contributed by atoms with E-state index in [1.54, 1.807) is 0 Å². The number of rotatable bonds is 61. The first-order valence-electron chi connectivity index (χ1n) is 33.3. The molecule has 0 aliphatic carbocycles. The maximum absolute atomic E-state index is 12.9. The van der Waals surface area contributed by atoms with Crippen molar-refractivity contribution in [1.82, 2.24) is 0 Å². The molecule has 0 aliphatic heterocycles. The number of carbonyl (C=O) groups is 3. The van der Waals surface area contributed by atoms with Crippen LogP contribution >= 0.6 is 0 Å². The van der Waals surface area contributed by atoms with Gasteiger partial charge >= 0.3 is 17.9 Å². The molecule has 0 saturated heterocycles. The van der Waals surface area contributed by atoms with E-state index in [0.717, 1.165) is 83.5 Å². The van der Waals surface area contributed by atoms with Crippen molar-refractivity contribution in [1.29, 1.82) is 0 Å². The number of hydrogen-bond acceptors (Lipinski definition) is 6. The molecule has 0 amide bonds. The van der Waals surface area contributed by atoms with Crippen molar-refractivity contribution in [3.8, 4) is 0 Å². The average molecular weight is 1060 g/mol. The maximum atomic E-state index is 12.9. The molecule has 6 heteroatoms. The molecule has 0 fully saturated rings. The predicted molar refractivity (Wildman–Crippen MR) is 330 cm³/mol. The summed E-state index contributed by atoms with van der Waals surface area (Å²) in [6.07, 6.45) is 82.5. The minimum atomic E-state index is -0.779. The minimum absolute atomic E-state index is 0.0765. The second-order valence-electron chi connectivity index (χ2n) is 22.4. The van der Waals surface area contributed by atoms with Crippen LogP contribution in [-0.4, -0.2) is 37.2 Å². The quantitative estimate of drug-likeness (QED) is 0.0261. The summed E-state index contributed by atoms with van der Waals surface area (Å²) in [7, 11) is 0. The molecule has 0 bridgehead atoms. The topological polar surface area (TPSA) is 78.9 Å². The molecular formula is C70H126O6. The zero-order valence-corrected chi connectivity index (χ0v) is 50.8. The van der Waals surface area contributed by atoms with Crippen LogP contribution in [0.4, 0.5) is 0 Å². The standard InChI is InChI=1S/C70H126O6/c1-4-7-10-13-16-19-22-24-26-28-30-32-33-34-35-36-37-39-40-42-44-46-48-51-54-57-60-63-69(72)75-66-67(65-74-68(71)62-59-56-53-50-21-18-15-12-9-6-3)76-70(73)64-61-58-55-52-49-47-45-43-41-38-31-29-27-25-23-20-17-14-11-8-5-2/h12,15,22,24,28-31,33-34,67H,4-11,13-14,16-21,23,25-27,32,35-66H2,1-3H3/b15-12-,24-22-,30-28-,31-29-,34-33-. The molecule has 0 aromatic rings. The van der Waals surface area contributed by atoms with Crippen molar-refractivity contribution in [2.45, 2.75) is 354 Å². The molecule has 0 spiro atoms. The Morgan fingerprint density at radius 1 is 0.263 bits per heavy atom. The summed E-state index contributed by atoms with van der Waals surface area (Å²) in [4.78, 5) is 38.2. The van der Waals surface area contributed by atoms with Gasteiger partial charge in [0.15, 0.2) is 6.10 Å². The Morgan fingerprint density at radius 3 is 0.803 bits per heavy atom. The predicted octanol–water partition coefficient (Wildman–Crippen LogP) is 22.7. The van der Waals surface area contributed by atoms with Crippen molar-refractivity contribution in [3.63, 3.8) is 0 Å². The van der Waals surface area contributed by atoms with Crippen LogP contribution in [-0.2, 0) is 28.6 Å². The lowest BCUT2D eigenvalue weighted by atomic mass is 10.0. The molecule has 1 atom stereocenters. The van der Waals surface area contributed by atoms with Gasteiger partial charge in [-0.25, -0.2) is 0 Å². The lowest BCUT2D eigenvalue weighted by Gasteiger charge is -2.18. The van der Waals surface area contributed by atoms with Gasteiger partial charge in [-0.3, -0.25) is 14.4 Å². The molecule has 0 aromatic heterocycles. The molecular weight excluding hydrogens is 937 g/mol. The number of hydrogen-bond donors (Lipinski definition) is 0. The SMILES string of the molecule is CCC/C=C\CCCCCCCC(=O)OCC(COC(=O)CCCCCCCCCCCCCC/C=C\C/C=C\C/C=C\CCCCCCC)OC(=O)CCCCCCCCCCC/C=C\CCCCCCCCCC. The van der Waals surface area contributed by atoms with Crippen molar-refractivity contribution in [2.75, 3.05) is 13.2 Å². The Kier molecular flexibility index (Phi) is 62.2. The van der Waals surface area contributed by atoms with Gasteiger partial charge in [0.05, 0.1) is 0 Å². The summed E-state index contributed by atoms with van der Waals surface area (Å²) in [6, 6.07) is 0. The Hall–Kier alpha value is -2.89. The normalized spacial score (nSPS) is 12.4. The van der Waals surface area contributed by atoms with Gasteiger partial charge in [0.1, 0.15) is 13.2 Å². The van der Waals surface area contributed by atoms with E-state index in [9.17, 15) is 14.4 Å². The van der Waals surface area contributed by atoms with Gasteiger partial charge in [0.25, 0.3) is 0 Å². The van der Waals surface area contributed by atoms with Gasteiger partial charge in [0.2, 0.25) is 0 Å². The summed E-state index contributed by atoms with van der Waals surface area (Å²) in [5.74, 6) is -0.875. The summed E-state index contributed by atoms with van der Waals surface area (Å²) in [6.45, 7) is 6.60. The number of unbranched alkanes of at least 4 members (excludes halogenated alkanes) is 40. The van der Waals surface area contributed by atoms with Crippen LogP contribution in [0.25, 0.3) is 0 Å². The van der Waals surface area contributed by atoms with Crippen LogP contribution in [0, 0.1) is 0 Å². The highest BCUT2D eigenvalue weighted by Gasteiger charge is 2.19. The molecule has 0 N–H and O–H groups in total. The zero-order valence-electron chi connectivity index (χ0n) is 50.8. The number of carbonyl (C=O) groups excluding carboxylic acids is 3. The fourth-order valence-electron chi connectivity index (χ4n) is 9.68. The Morgan fingerprint density at radius 2 is 0.500 bits per heavy atom. The van der Waals surface area contributed by atoms with E-state index in [1.807, 2.05) is 0 Å². The van der Waals surface area contributed by atoms with Gasteiger partial charge in [-0.1, -0.05) is 287 Å². The number of esters is 3. The lowest BCUT2D eigenvalue weighted by Crippen LogP contribution is -2.30. The van der Waals surface area contributed by atoms with Gasteiger partial charge in [-0.05, 0) is 103 Å². The molecule has 0 rings (SSSR count). The van der Waals surface area contributed by atoms with Crippen molar-refractivity contribution >= 4 is 17.9 Å². The fraction of sp³-hybridized carbons (Fsp3) is 0.814. The molecule has 1 unspecified atom stereocenters. The van der Waals surface area contributed by atoms with E-state index < -0.39 is 6.10 Å². The summed E-state index contributed by atoms with van der Waals surface area (Å²) >= 11 is 0. The van der Waals surface area contributed by atoms with Gasteiger partial charge < -0.3 is 14.2 Å². The van der Waals surface area contributed by atoms with Crippen LogP contribution < -0.4 is 0 Å². The molecule has 76 heavy (non-hydrogen) atoms. The Bertz CT molecular complexity index is 1360. The molecule has 0 heterocycles. The number of allylic oxidation sites excluding steroid dienone is 10. The highest BCUT2D eigenvalue weighted by atomic mass is 16.6. The van der Waals surface area contributed by atoms with Crippen LogP contribution in [0.3, 0.4) is 0 Å². The molecule has 0 saturated carbocycles. The average Bonchev–Trinajstić information content (AvgIpc) is 3.42. The second kappa shape index (κ2) is 64.6. The van der Waals surface area contributed by atoms with E-state index in [2.05, 4.69) is 81.5 Å². The van der Waals surface area contributed by atoms with E-state index in [-0.39, 0.29) is 31.1 Å². The van der Waals surface area contributed by atoms with Crippen molar-refractivity contribution in [2.24, 2.45) is 0 Å². The summed E-state index contributed by atoms with van der Waals surface area (Å²) in [5, 5.41) is 0. The molecule has 0 radical (unpaired) electrons. The van der Waals surface area contributed by atoms with E-state index in [1.165, 1.54) is 225 Å². The summed E-state index contributed by atoms with van der Waals surface area (Å²) in [5.41, 5.74) is 0. The largest absolute Gasteiger partial charge is 0.462 e. The number of ether oxygens (including phenoxy) is 3. The lowest BCUT2D eigenvalue weighted by molar-refractivity contribution is -0.167. The highest BCUT2D eigenvalue weighted by Crippen LogP contribution is 2.17. The third-order valence-electron chi connectivity index (χ3n) is 14.7. The van der Waals surface area contributed by atoms with Crippen LogP contribution in [0.2, 0.25) is 0 Å². The van der Waals surface area contributed by atoms with Crippen LogP contribution in [0.1, 0.15) is 348 Å². The van der Waals surface area contributed by atoms with Crippen LogP contribution in [0.5, 0.6) is 0 Å². The van der Waals surface area contributed by atoms with Crippen molar-refractivity contribution in [3.05, 3.63) is 60.8 Å². The first-order chi connectivity index (χ1) is 37.5. The Balaban J connectivity index is 4.20. The van der Waals surface area contributed by atoms with E-state index in [4.69, 9.17) is 14.2 Å². The molecule has 0 aromatic carbocycles. The Labute approximate surface area is 472 Å². The first-order valence-corrected chi connectivity index (χ1v) is 33.3. The molecule has 0 aliphatic rings. The second-order valence-corrected chi connectivity index (χ2v) is 22.4. The smallest absolute Gasteiger partial charge is 0.306 e. The minimum Gasteiger partial charge on any atom is -0.462 e. The summed E-state index contributed by atoms with van der Waals surface area (Å²) < 4.78 is 16.9. The monoisotopic (exact) mass is 1060 g/mol. The van der Waals surface area contributed by atoms with E-state index >= 15 is 0 Å². The third kappa shape index (κ3) is 62.0. The van der Waals surface area contributed by atoms with Crippen molar-refractivity contribution < 1.29 is 28.6 Å². The van der Waals surface area contributed by atoms with Gasteiger partial charge in [0, 0.05) is 19.3 Å². The van der Waals surface area contributed by atoms with Gasteiger partial charge in [-0.2, -0.15) is 0 Å². The van der Waals surface area contributed by atoms with E-state index in [0.29, 0.717) is 19.3 Å². The first kappa shape index (κ1) is 73.1. The fourth-order valence-corrected chi connectivity index (χ4v) is 9.68. The third-order valence-corrected chi connectivity index (χ3v) is 14.7. The molecule has 442 valence electrons. The molecule has 6 nitrogen and oxygen atoms in total.